The summed E-state index contributed by atoms with van der Waals surface area (Å²) in [6.07, 6.45) is 4.59. The van der Waals surface area contributed by atoms with Crippen molar-refractivity contribution in [3.05, 3.63) is 23.9 Å². The van der Waals surface area contributed by atoms with Crippen molar-refractivity contribution >= 4 is 0 Å². The molecule has 94 valence electrons. The van der Waals surface area contributed by atoms with E-state index < -0.39 is 0 Å². The molecule has 16 heavy (non-hydrogen) atoms. The van der Waals surface area contributed by atoms with Crippen molar-refractivity contribution in [3.63, 3.8) is 0 Å². The first-order chi connectivity index (χ1) is 7.38. The van der Waals surface area contributed by atoms with Crippen molar-refractivity contribution in [2.24, 2.45) is 11.8 Å². The van der Waals surface area contributed by atoms with E-state index >= 15 is 0 Å². The van der Waals surface area contributed by atoms with Crippen LogP contribution in [0.25, 0.3) is 0 Å². The third-order valence-electron chi connectivity index (χ3n) is 3.16. The summed E-state index contributed by atoms with van der Waals surface area (Å²) in [6.45, 7) is 16.5. The predicted octanol–water partition coefficient (Wildman–Crippen LogP) is 4.47. The van der Waals surface area contributed by atoms with Gasteiger partial charge in [0.1, 0.15) is 0 Å². The Bertz CT molecular complexity index is 238. The fraction of sp³-hybridized carbons (Fsp3) is 0.733. The van der Waals surface area contributed by atoms with Gasteiger partial charge in [-0.25, -0.2) is 0 Å². The molecule has 0 aromatic rings. The van der Waals surface area contributed by atoms with E-state index in [0.29, 0.717) is 11.8 Å². The second-order valence-electron chi connectivity index (χ2n) is 5.27. The van der Waals surface area contributed by atoms with Crippen molar-refractivity contribution in [1.29, 1.82) is 0 Å². The van der Waals surface area contributed by atoms with E-state index in [1.807, 2.05) is 0 Å². The monoisotopic (exact) mass is 223 g/mol. The number of hydrogen-bond acceptors (Lipinski definition) is 1. The molecular formula is C15H29N. The molecule has 0 fully saturated rings. The first-order valence-electron chi connectivity index (χ1n) is 6.44. The van der Waals surface area contributed by atoms with Crippen LogP contribution < -0.4 is 0 Å². The van der Waals surface area contributed by atoms with Crippen LogP contribution in [0.3, 0.4) is 0 Å². The molecule has 1 nitrogen and oxygen atoms in total. The summed E-state index contributed by atoms with van der Waals surface area (Å²) in [4.78, 5) is 2.28. The number of hydrogen-bond donors (Lipinski definition) is 0. The van der Waals surface area contributed by atoms with E-state index in [4.69, 9.17) is 0 Å². The van der Waals surface area contributed by atoms with E-state index in [0.717, 1.165) is 13.0 Å². The van der Waals surface area contributed by atoms with Crippen LogP contribution in [0.15, 0.2) is 23.9 Å². The summed E-state index contributed by atoms with van der Waals surface area (Å²) < 4.78 is 0. The van der Waals surface area contributed by atoms with E-state index in [-0.39, 0.29) is 0 Å². The molecule has 0 heterocycles. The largest absolute Gasteiger partial charge is 0.380 e. The summed E-state index contributed by atoms with van der Waals surface area (Å²) in [7, 11) is 2.15. The maximum atomic E-state index is 4.15. The van der Waals surface area contributed by atoms with Crippen LogP contribution in [-0.4, -0.2) is 18.5 Å². The Morgan fingerprint density at radius 3 is 2.31 bits per heavy atom. The van der Waals surface area contributed by atoms with Crippen molar-refractivity contribution in [2.45, 2.75) is 47.5 Å². The van der Waals surface area contributed by atoms with E-state index in [9.17, 15) is 0 Å². The normalized spacial score (nSPS) is 14.1. The molecule has 0 aliphatic heterocycles. The lowest BCUT2D eigenvalue weighted by molar-refractivity contribution is 0.443. The van der Waals surface area contributed by atoms with E-state index in [1.54, 1.807) is 0 Å². The van der Waals surface area contributed by atoms with Crippen molar-refractivity contribution in [1.82, 2.24) is 4.90 Å². The lowest BCUT2D eigenvalue weighted by Crippen LogP contribution is -2.13. The Balaban J connectivity index is 4.26. The molecule has 0 amide bonds. The van der Waals surface area contributed by atoms with Gasteiger partial charge in [0, 0.05) is 13.6 Å². The molecule has 0 saturated carbocycles. The Morgan fingerprint density at radius 2 is 1.88 bits per heavy atom. The summed E-state index contributed by atoms with van der Waals surface area (Å²) in [5.74, 6) is 1.21. The number of rotatable bonds is 7. The van der Waals surface area contributed by atoms with Crippen molar-refractivity contribution in [2.75, 3.05) is 13.6 Å². The molecule has 0 bridgehead atoms. The van der Waals surface area contributed by atoms with Gasteiger partial charge in [-0.1, -0.05) is 45.4 Å². The summed E-state index contributed by atoms with van der Waals surface area (Å²) in [5.41, 5.74) is 2.82. The summed E-state index contributed by atoms with van der Waals surface area (Å²) in [5, 5.41) is 0. The second-order valence-corrected chi connectivity index (χ2v) is 5.27. The second kappa shape index (κ2) is 7.54. The van der Waals surface area contributed by atoms with Gasteiger partial charge in [0.2, 0.25) is 0 Å². The van der Waals surface area contributed by atoms with Gasteiger partial charge >= 0.3 is 0 Å². The fourth-order valence-electron chi connectivity index (χ4n) is 1.68. The summed E-state index contributed by atoms with van der Waals surface area (Å²) >= 11 is 0. The third kappa shape index (κ3) is 5.99. The zero-order valence-corrected chi connectivity index (χ0v) is 12.0. The van der Waals surface area contributed by atoms with Crippen molar-refractivity contribution in [3.8, 4) is 0 Å². The molecule has 0 spiro atoms. The molecule has 0 N–H and O–H groups in total. The third-order valence-corrected chi connectivity index (χ3v) is 3.16. The van der Waals surface area contributed by atoms with Crippen LogP contribution >= 0.6 is 0 Å². The van der Waals surface area contributed by atoms with Gasteiger partial charge < -0.3 is 4.90 Å². The molecule has 0 saturated heterocycles. The van der Waals surface area contributed by atoms with Crippen LogP contribution in [0, 0.1) is 11.8 Å². The highest BCUT2D eigenvalue weighted by Gasteiger charge is 2.09. The van der Waals surface area contributed by atoms with E-state index in [1.165, 1.54) is 17.6 Å². The molecule has 0 aliphatic rings. The topological polar surface area (TPSA) is 3.24 Å². The van der Waals surface area contributed by atoms with Crippen LogP contribution in [0.1, 0.15) is 47.5 Å². The molecule has 0 aliphatic carbocycles. The Labute approximate surface area is 102 Å². The quantitative estimate of drug-likeness (QED) is 0.576. The number of nitrogens with zero attached hydrogens (tertiary/aromatic N) is 1. The molecular weight excluding hydrogens is 194 g/mol. The van der Waals surface area contributed by atoms with Gasteiger partial charge in [0.25, 0.3) is 0 Å². The fourth-order valence-corrected chi connectivity index (χ4v) is 1.68. The highest BCUT2D eigenvalue weighted by Crippen LogP contribution is 2.22. The van der Waals surface area contributed by atoms with Crippen LogP contribution in [0.4, 0.5) is 0 Å². The molecule has 0 aromatic carbocycles. The lowest BCUT2D eigenvalue weighted by atomic mass is 9.90. The van der Waals surface area contributed by atoms with Crippen molar-refractivity contribution < 1.29 is 0 Å². The minimum atomic E-state index is 0.601. The van der Waals surface area contributed by atoms with Crippen LogP contribution in [0.2, 0.25) is 0 Å². The van der Waals surface area contributed by atoms with Gasteiger partial charge in [-0.2, -0.15) is 0 Å². The molecule has 1 atom stereocenters. The average molecular weight is 223 g/mol. The predicted molar refractivity (Wildman–Crippen MR) is 74.4 cm³/mol. The van der Waals surface area contributed by atoms with Gasteiger partial charge in [0.15, 0.2) is 0 Å². The lowest BCUT2D eigenvalue weighted by Gasteiger charge is -2.20. The standard InChI is InChI=1S/C15H29N/c1-8-9-16(7)11-15(6)14(5)10-13(4)12(2)3/h11-12,14H,4,8-10H2,1-3,5-7H3/b15-11+. The highest BCUT2D eigenvalue weighted by molar-refractivity contribution is 5.08. The first kappa shape index (κ1) is 15.3. The Morgan fingerprint density at radius 1 is 1.31 bits per heavy atom. The SMILES string of the molecule is C=C(CC(C)/C(C)=C/N(C)CCC)C(C)C. The van der Waals surface area contributed by atoms with Gasteiger partial charge in [-0.15, -0.1) is 0 Å². The minimum absolute atomic E-state index is 0.601. The Hall–Kier alpha value is -0.720. The zero-order valence-electron chi connectivity index (χ0n) is 12.0. The average Bonchev–Trinajstić information content (AvgIpc) is 2.17. The summed E-state index contributed by atoms with van der Waals surface area (Å²) in [6, 6.07) is 0. The smallest absolute Gasteiger partial charge is 0.0166 e. The molecule has 0 aromatic heterocycles. The van der Waals surface area contributed by atoms with Gasteiger partial charge in [-0.3, -0.25) is 0 Å². The molecule has 0 radical (unpaired) electrons. The van der Waals surface area contributed by atoms with Gasteiger partial charge in [0.05, 0.1) is 0 Å². The highest BCUT2D eigenvalue weighted by atomic mass is 15.1. The molecule has 0 rings (SSSR count). The minimum Gasteiger partial charge on any atom is -0.380 e. The molecule has 1 heteroatoms. The first-order valence-corrected chi connectivity index (χ1v) is 6.44. The van der Waals surface area contributed by atoms with Crippen LogP contribution in [-0.2, 0) is 0 Å². The Kier molecular flexibility index (Phi) is 7.20. The van der Waals surface area contributed by atoms with Gasteiger partial charge in [-0.05, 0) is 37.8 Å². The zero-order chi connectivity index (χ0) is 12.7. The maximum absolute atomic E-state index is 4.15. The molecule has 1 unspecified atom stereocenters. The number of allylic oxidation sites excluding steroid dienone is 2. The maximum Gasteiger partial charge on any atom is 0.0166 e. The van der Waals surface area contributed by atoms with Crippen LogP contribution in [0.5, 0.6) is 0 Å². The van der Waals surface area contributed by atoms with E-state index in [2.05, 4.69) is 59.3 Å².